The highest BCUT2D eigenvalue weighted by molar-refractivity contribution is 5.66. The van der Waals surface area contributed by atoms with Crippen LogP contribution in [0.15, 0.2) is 9.21 Å². The predicted octanol–water partition coefficient (Wildman–Crippen LogP) is -0.127. The van der Waals surface area contributed by atoms with Crippen molar-refractivity contribution in [2.45, 2.75) is 26.3 Å². The van der Waals surface area contributed by atoms with Gasteiger partial charge in [-0.1, -0.05) is 6.92 Å². The zero-order valence-electron chi connectivity index (χ0n) is 7.19. The zero-order chi connectivity index (χ0) is 9.84. The number of hydrogen-bond donors (Lipinski definition) is 1. The maximum atomic E-state index is 11.0. The molecule has 0 spiro atoms. The maximum absolute atomic E-state index is 11.0. The van der Waals surface area contributed by atoms with Crippen molar-refractivity contribution in [3.63, 3.8) is 0 Å². The van der Waals surface area contributed by atoms with Crippen LogP contribution in [0.5, 0.6) is 0 Å². The van der Waals surface area contributed by atoms with Gasteiger partial charge in [-0.25, -0.2) is 4.79 Å². The van der Waals surface area contributed by atoms with Crippen LogP contribution in [-0.2, 0) is 17.8 Å². The van der Waals surface area contributed by atoms with Gasteiger partial charge in [-0.05, 0) is 0 Å². The molecule has 1 aromatic heterocycles. The molecular weight excluding hydrogens is 176 g/mol. The van der Waals surface area contributed by atoms with Crippen molar-refractivity contribution in [3.8, 4) is 0 Å². The van der Waals surface area contributed by atoms with E-state index in [1.165, 1.54) is 0 Å². The molecule has 72 valence electrons. The Bertz CT molecular complexity index is 352. The fraction of sp³-hybridized carbons (Fsp3) is 0.571. The first kappa shape index (κ1) is 9.50. The Kier molecular flexibility index (Phi) is 2.84. The molecule has 0 aromatic carbocycles. The smallest absolute Gasteiger partial charge is 0.437 e. The minimum Gasteiger partial charge on any atom is -0.481 e. The van der Waals surface area contributed by atoms with Crippen LogP contribution in [0.2, 0.25) is 0 Å². The second-order valence-corrected chi connectivity index (χ2v) is 2.48. The first-order valence-corrected chi connectivity index (χ1v) is 3.92. The van der Waals surface area contributed by atoms with Crippen molar-refractivity contribution >= 4 is 5.97 Å². The van der Waals surface area contributed by atoms with Crippen molar-refractivity contribution in [2.24, 2.45) is 0 Å². The molecular formula is C7H10N2O4. The van der Waals surface area contributed by atoms with Crippen LogP contribution < -0.4 is 5.76 Å². The van der Waals surface area contributed by atoms with Crippen LogP contribution in [0.3, 0.4) is 0 Å². The average Bonchev–Trinajstić information content (AvgIpc) is 2.43. The minimum atomic E-state index is -0.965. The zero-order valence-corrected chi connectivity index (χ0v) is 7.19. The molecule has 1 heterocycles. The number of nitrogens with zero attached hydrogens (tertiary/aromatic N) is 2. The predicted molar refractivity (Wildman–Crippen MR) is 42.4 cm³/mol. The molecule has 0 saturated heterocycles. The van der Waals surface area contributed by atoms with Gasteiger partial charge < -0.3 is 9.52 Å². The average molecular weight is 186 g/mol. The third kappa shape index (κ3) is 2.43. The number of aliphatic carboxylic acids is 1. The van der Waals surface area contributed by atoms with Gasteiger partial charge >= 0.3 is 11.7 Å². The summed E-state index contributed by atoms with van der Waals surface area (Å²) < 4.78 is 5.72. The fourth-order valence-corrected chi connectivity index (χ4v) is 0.835. The third-order valence-electron chi connectivity index (χ3n) is 1.49. The van der Waals surface area contributed by atoms with Crippen molar-refractivity contribution in [3.05, 3.63) is 16.4 Å². The Morgan fingerprint density at radius 3 is 2.85 bits per heavy atom. The van der Waals surface area contributed by atoms with Gasteiger partial charge in [0.1, 0.15) is 0 Å². The molecule has 6 nitrogen and oxygen atoms in total. The largest absolute Gasteiger partial charge is 0.481 e. The van der Waals surface area contributed by atoms with E-state index in [2.05, 4.69) is 5.10 Å². The maximum Gasteiger partial charge on any atom is 0.437 e. The van der Waals surface area contributed by atoms with E-state index in [1.807, 2.05) is 0 Å². The van der Waals surface area contributed by atoms with Crippen LogP contribution in [0.4, 0.5) is 0 Å². The van der Waals surface area contributed by atoms with Crippen LogP contribution in [0.1, 0.15) is 19.2 Å². The molecule has 0 fully saturated rings. The number of carboxylic acid groups (broad SMARTS) is 1. The number of rotatable bonds is 4. The lowest BCUT2D eigenvalue weighted by atomic mass is 10.4. The van der Waals surface area contributed by atoms with Gasteiger partial charge in [-0.2, -0.15) is 4.68 Å². The molecule has 0 atom stereocenters. The van der Waals surface area contributed by atoms with Crippen molar-refractivity contribution in [1.82, 2.24) is 9.78 Å². The Hall–Kier alpha value is -1.59. The van der Waals surface area contributed by atoms with Gasteiger partial charge in [0.15, 0.2) is 0 Å². The van der Waals surface area contributed by atoms with E-state index in [1.54, 1.807) is 6.92 Å². The topological polar surface area (TPSA) is 85.3 Å². The van der Waals surface area contributed by atoms with Crippen LogP contribution in [0, 0.1) is 0 Å². The van der Waals surface area contributed by atoms with E-state index in [-0.39, 0.29) is 13.0 Å². The van der Waals surface area contributed by atoms with Crippen molar-refractivity contribution in [1.29, 1.82) is 0 Å². The highest BCUT2D eigenvalue weighted by Gasteiger charge is 2.07. The lowest BCUT2D eigenvalue weighted by Gasteiger charge is -1.92. The summed E-state index contributed by atoms with van der Waals surface area (Å²) in [5, 5.41) is 12.1. The molecule has 1 N–H and O–H groups in total. The first-order valence-electron chi connectivity index (χ1n) is 3.92. The lowest BCUT2D eigenvalue weighted by Crippen LogP contribution is -2.17. The summed E-state index contributed by atoms with van der Waals surface area (Å²) >= 11 is 0. The summed E-state index contributed by atoms with van der Waals surface area (Å²) in [5.74, 6) is -1.23. The highest BCUT2D eigenvalue weighted by Crippen LogP contribution is 1.92. The monoisotopic (exact) mass is 186 g/mol. The first-order chi connectivity index (χ1) is 6.13. The molecule has 6 heteroatoms. The van der Waals surface area contributed by atoms with Crippen molar-refractivity contribution < 1.29 is 14.3 Å². The van der Waals surface area contributed by atoms with E-state index in [9.17, 15) is 9.59 Å². The second-order valence-electron chi connectivity index (χ2n) is 2.48. The van der Waals surface area contributed by atoms with E-state index in [4.69, 9.17) is 9.52 Å². The summed E-state index contributed by atoms with van der Waals surface area (Å²) in [6.07, 6.45) is 0.394. The van der Waals surface area contributed by atoms with E-state index in [0.29, 0.717) is 12.3 Å². The molecule has 0 unspecified atom stereocenters. The van der Waals surface area contributed by atoms with E-state index >= 15 is 0 Å². The minimum absolute atomic E-state index is 0.0532. The van der Waals surface area contributed by atoms with Crippen LogP contribution in [-0.4, -0.2) is 20.9 Å². The molecule has 0 radical (unpaired) electrons. The number of carbonyl (C=O) groups is 1. The lowest BCUT2D eigenvalue weighted by molar-refractivity contribution is -0.137. The van der Waals surface area contributed by atoms with Gasteiger partial charge in [0.25, 0.3) is 0 Å². The molecule has 1 aromatic rings. The van der Waals surface area contributed by atoms with Gasteiger partial charge in [0.2, 0.25) is 5.89 Å². The molecule has 0 aliphatic heterocycles. The molecule has 0 aliphatic rings. The Labute approximate surface area is 73.8 Å². The number of aromatic nitrogens is 2. The highest BCUT2D eigenvalue weighted by atomic mass is 16.4. The molecule has 0 bridgehead atoms. The molecule has 0 amide bonds. The summed E-state index contributed by atoms with van der Waals surface area (Å²) in [6.45, 7) is 1.85. The van der Waals surface area contributed by atoms with Crippen molar-refractivity contribution in [2.75, 3.05) is 0 Å². The van der Waals surface area contributed by atoms with Crippen LogP contribution in [0.25, 0.3) is 0 Å². The fourth-order valence-electron chi connectivity index (χ4n) is 0.835. The SMILES string of the molecule is CCc1nn(CCC(=O)O)c(=O)o1. The van der Waals surface area contributed by atoms with E-state index in [0.717, 1.165) is 4.68 Å². The van der Waals surface area contributed by atoms with Gasteiger partial charge in [-0.15, -0.1) is 5.10 Å². The quantitative estimate of drug-likeness (QED) is 0.708. The normalized spacial score (nSPS) is 10.2. The molecule has 1 rings (SSSR count). The molecule has 0 aliphatic carbocycles. The van der Waals surface area contributed by atoms with Gasteiger partial charge in [0.05, 0.1) is 13.0 Å². The Morgan fingerprint density at radius 2 is 2.38 bits per heavy atom. The molecule has 0 saturated carbocycles. The van der Waals surface area contributed by atoms with Gasteiger partial charge in [-0.3, -0.25) is 4.79 Å². The summed E-state index contributed by atoms with van der Waals surface area (Å²) in [5.41, 5.74) is 0. The number of hydrogen-bond acceptors (Lipinski definition) is 4. The third-order valence-corrected chi connectivity index (χ3v) is 1.49. The van der Waals surface area contributed by atoms with Gasteiger partial charge in [0, 0.05) is 6.42 Å². The van der Waals surface area contributed by atoms with E-state index < -0.39 is 11.7 Å². The summed E-state index contributed by atoms with van der Waals surface area (Å²) in [4.78, 5) is 21.1. The standard InChI is InChI=1S/C7H10N2O4/c1-2-5-8-9(7(12)13-5)4-3-6(10)11/h2-4H2,1H3,(H,10,11). The summed E-state index contributed by atoms with van der Waals surface area (Å²) in [7, 11) is 0. The Balaban J connectivity index is 2.71. The summed E-state index contributed by atoms with van der Waals surface area (Å²) in [6, 6.07) is 0. The molecule has 13 heavy (non-hydrogen) atoms. The Morgan fingerprint density at radius 1 is 1.69 bits per heavy atom. The second kappa shape index (κ2) is 3.88. The number of aryl methyl sites for hydroxylation is 2. The van der Waals surface area contributed by atoms with Crippen LogP contribution >= 0.6 is 0 Å². The number of carboxylic acids is 1.